The normalized spacial score (nSPS) is 36.4. The van der Waals surface area contributed by atoms with Crippen LogP contribution in [0.15, 0.2) is 11.1 Å². The van der Waals surface area contributed by atoms with Gasteiger partial charge in [-0.15, -0.1) is 0 Å². The lowest BCUT2D eigenvalue weighted by Crippen LogP contribution is -2.18. The molecule has 2 bridgehead atoms. The molecule has 0 aromatic rings. The van der Waals surface area contributed by atoms with Crippen LogP contribution in [-0.4, -0.2) is 16.7 Å². The van der Waals surface area contributed by atoms with Crippen LogP contribution in [0, 0.1) is 11.8 Å². The molecule has 0 spiro atoms. The van der Waals surface area contributed by atoms with Gasteiger partial charge in [0, 0.05) is 12.8 Å². The first-order valence-corrected chi connectivity index (χ1v) is 7.87. The van der Waals surface area contributed by atoms with Crippen molar-refractivity contribution in [2.24, 2.45) is 11.8 Å². The quantitative estimate of drug-likeness (QED) is 0.518. The Morgan fingerprint density at radius 1 is 1.25 bits per heavy atom. The average Bonchev–Trinajstić information content (AvgIpc) is 2.80. The van der Waals surface area contributed by atoms with Crippen LogP contribution in [0.4, 0.5) is 0 Å². The van der Waals surface area contributed by atoms with Gasteiger partial charge in [0.2, 0.25) is 4.38 Å². The Balaban J connectivity index is 1.67. The van der Waals surface area contributed by atoms with Crippen molar-refractivity contribution in [2.75, 3.05) is 6.26 Å². The molecule has 3 rings (SSSR count). The van der Waals surface area contributed by atoms with Crippen LogP contribution in [-0.2, 0) is 4.74 Å². The van der Waals surface area contributed by atoms with E-state index >= 15 is 0 Å². The first kappa shape index (κ1) is 11.1. The number of hydrogen-bond donors (Lipinski definition) is 0. The second kappa shape index (κ2) is 4.34. The molecular formula is C13H18OS2. The zero-order valence-electron chi connectivity index (χ0n) is 9.70. The molecule has 0 aliphatic heterocycles. The summed E-state index contributed by atoms with van der Waals surface area (Å²) in [6.45, 7) is 0. The lowest BCUT2D eigenvalue weighted by molar-refractivity contribution is 0.197. The molecule has 3 aliphatic rings. The molecule has 0 saturated heterocycles. The van der Waals surface area contributed by atoms with Gasteiger partial charge in [-0.3, -0.25) is 0 Å². The number of thioether (sulfide) groups is 1. The molecular weight excluding hydrogens is 236 g/mol. The molecule has 16 heavy (non-hydrogen) atoms. The number of rotatable bonds is 1. The SMILES string of the molecule is CSC(=S)OC1CC2=C(C1)C1CCCC2C1. The minimum atomic E-state index is 0.369. The maximum Gasteiger partial charge on any atom is 0.219 e. The van der Waals surface area contributed by atoms with Crippen LogP contribution < -0.4 is 0 Å². The summed E-state index contributed by atoms with van der Waals surface area (Å²) in [5, 5.41) is 0. The molecule has 3 aliphatic carbocycles. The lowest BCUT2D eigenvalue weighted by atomic mass is 9.83. The van der Waals surface area contributed by atoms with Crippen LogP contribution in [0.25, 0.3) is 0 Å². The van der Waals surface area contributed by atoms with Gasteiger partial charge in [0.05, 0.1) is 0 Å². The fourth-order valence-electron chi connectivity index (χ4n) is 3.77. The number of ether oxygens (including phenoxy) is 1. The molecule has 88 valence electrons. The average molecular weight is 254 g/mol. The number of fused-ring (bicyclic) bond motifs is 4. The van der Waals surface area contributed by atoms with E-state index in [0.717, 1.165) is 29.1 Å². The van der Waals surface area contributed by atoms with Gasteiger partial charge in [0.1, 0.15) is 6.10 Å². The minimum Gasteiger partial charge on any atom is -0.475 e. The molecule has 1 fully saturated rings. The van der Waals surface area contributed by atoms with E-state index in [9.17, 15) is 0 Å². The van der Waals surface area contributed by atoms with E-state index in [1.165, 1.54) is 25.7 Å². The van der Waals surface area contributed by atoms with Crippen molar-refractivity contribution in [3.8, 4) is 0 Å². The zero-order valence-corrected chi connectivity index (χ0v) is 11.3. The van der Waals surface area contributed by atoms with Crippen LogP contribution in [0.2, 0.25) is 0 Å². The first-order chi connectivity index (χ1) is 7.78. The van der Waals surface area contributed by atoms with E-state index in [1.54, 1.807) is 22.9 Å². The third-order valence-corrected chi connectivity index (χ3v) is 5.42. The van der Waals surface area contributed by atoms with Crippen molar-refractivity contribution >= 4 is 28.4 Å². The van der Waals surface area contributed by atoms with Crippen molar-refractivity contribution in [2.45, 2.75) is 44.6 Å². The Morgan fingerprint density at radius 3 is 2.44 bits per heavy atom. The highest BCUT2D eigenvalue weighted by Gasteiger charge is 2.41. The predicted molar refractivity (Wildman–Crippen MR) is 72.7 cm³/mol. The summed E-state index contributed by atoms with van der Waals surface area (Å²) in [4.78, 5) is 0. The van der Waals surface area contributed by atoms with E-state index in [-0.39, 0.29) is 0 Å². The monoisotopic (exact) mass is 254 g/mol. The second-order valence-corrected chi connectivity index (χ2v) is 6.62. The molecule has 1 nitrogen and oxygen atoms in total. The Labute approximate surface area is 107 Å². The van der Waals surface area contributed by atoms with Crippen molar-refractivity contribution < 1.29 is 4.74 Å². The van der Waals surface area contributed by atoms with Gasteiger partial charge >= 0.3 is 0 Å². The molecule has 2 unspecified atom stereocenters. The fourth-order valence-corrected chi connectivity index (χ4v) is 4.14. The Morgan fingerprint density at radius 2 is 1.88 bits per heavy atom. The van der Waals surface area contributed by atoms with Crippen LogP contribution in [0.3, 0.4) is 0 Å². The molecule has 0 heterocycles. The largest absolute Gasteiger partial charge is 0.475 e. The molecule has 3 heteroatoms. The third kappa shape index (κ3) is 1.82. The van der Waals surface area contributed by atoms with Crippen LogP contribution in [0.5, 0.6) is 0 Å². The van der Waals surface area contributed by atoms with Crippen LogP contribution in [0.1, 0.15) is 38.5 Å². The maximum absolute atomic E-state index is 5.81. The van der Waals surface area contributed by atoms with E-state index in [1.807, 2.05) is 6.26 Å². The highest BCUT2D eigenvalue weighted by Crippen LogP contribution is 2.53. The van der Waals surface area contributed by atoms with Crippen molar-refractivity contribution in [3.05, 3.63) is 11.1 Å². The summed E-state index contributed by atoms with van der Waals surface area (Å²) in [6, 6.07) is 0. The number of hydrogen-bond acceptors (Lipinski definition) is 3. The highest BCUT2D eigenvalue weighted by atomic mass is 32.2. The smallest absolute Gasteiger partial charge is 0.219 e. The van der Waals surface area contributed by atoms with Gasteiger partial charge in [-0.05, 0) is 49.6 Å². The number of thiocarbonyl (C=S) groups is 1. The zero-order chi connectivity index (χ0) is 11.1. The summed E-state index contributed by atoms with van der Waals surface area (Å²) in [6.07, 6.45) is 10.4. The highest BCUT2D eigenvalue weighted by molar-refractivity contribution is 8.22. The summed E-state index contributed by atoms with van der Waals surface area (Å²) >= 11 is 6.70. The Hall–Kier alpha value is -0.0200. The molecule has 2 atom stereocenters. The molecule has 0 aromatic heterocycles. The topological polar surface area (TPSA) is 9.23 Å². The van der Waals surface area contributed by atoms with E-state index < -0.39 is 0 Å². The minimum absolute atomic E-state index is 0.369. The Bertz CT molecular complexity index is 326. The van der Waals surface area contributed by atoms with Gasteiger partial charge in [-0.25, -0.2) is 0 Å². The third-order valence-electron chi connectivity index (χ3n) is 4.40. The van der Waals surface area contributed by atoms with Gasteiger partial charge < -0.3 is 4.74 Å². The van der Waals surface area contributed by atoms with Gasteiger partial charge in [-0.1, -0.05) is 29.3 Å². The van der Waals surface area contributed by atoms with Crippen molar-refractivity contribution in [1.82, 2.24) is 0 Å². The van der Waals surface area contributed by atoms with Gasteiger partial charge in [0.15, 0.2) is 0 Å². The first-order valence-electron chi connectivity index (χ1n) is 6.24. The Kier molecular flexibility index (Phi) is 3.01. The lowest BCUT2D eigenvalue weighted by Gasteiger charge is -2.25. The summed E-state index contributed by atoms with van der Waals surface area (Å²) in [7, 11) is 0. The summed E-state index contributed by atoms with van der Waals surface area (Å²) < 4.78 is 6.53. The summed E-state index contributed by atoms with van der Waals surface area (Å²) in [5.41, 5.74) is 3.52. The molecule has 0 aromatic carbocycles. The van der Waals surface area contributed by atoms with Gasteiger partial charge in [-0.2, -0.15) is 0 Å². The standard InChI is InChI=1S/C13H18OS2/c1-16-13(15)14-10-6-11-8-3-2-4-9(5-8)12(11)7-10/h8-10H,2-7H2,1H3. The molecule has 0 amide bonds. The summed E-state index contributed by atoms with van der Waals surface area (Å²) in [5.74, 6) is 1.82. The van der Waals surface area contributed by atoms with E-state index in [0.29, 0.717) is 6.10 Å². The maximum atomic E-state index is 5.81. The molecule has 0 N–H and O–H groups in total. The van der Waals surface area contributed by atoms with Gasteiger partial charge in [0.25, 0.3) is 0 Å². The fraction of sp³-hybridized carbons (Fsp3) is 0.769. The van der Waals surface area contributed by atoms with Crippen molar-refractivity contribution in [3.63, 3.8) is 0 Å². The predicted octanol–water partition coefficient (Wildman–Crippen LogP) is 3.93. The molecule has 0 radical (unpaired) electrons. The second-order valence-electron chi connectivity index (χ2n) is 5.21. The van der Waals surface area contributed by atoms with E-state index in [4.69, 9.17) is 17.0 Å². The van der Waals surface area contributed by atoms with Crippen LogP contribution >= 0.6 is 24.0 Å². The molecule has 1 saturated carbocycles. The van der Waals surface area contributed by atoms with Crippen molar-refractivity contribution in [1.29, 1.82) is 0 Å². The van der Waals surface area contributed by atoms with E-state index in [2.05, 4.69) is 0 Å².